The first-order chi connectivity index (χ1) is 22.5. The summed E-state index contributed by atoms with van der Waals surface area (Å²) in [7, 11) is 1.29. The van der Waals surface area contributed by atoms with Crippen LogP contribution in [-0.2, 0) is 27.2 Å². The van der Waals surface area contributed by atoms with Crippen LogP contribution in [0, 0.1) is 11.8 Å². The molecule has 4 rings (SSSR count). The van der Waals surface area contributed by atoms with Gasteiger partial charge in [0.15, 0.2) is 0 Å². The maximum Gasteiger partial charge on any atom is 0.407 e. The van der Waals surface area contributed by atoms with Crippen LogP contribution in [0.4, 0.5) is 9.59 Å². The number of methoxy groups -OCH3 is 1. The number of aromatic amines is 2. The third kappa shape index (κ3) is 9.25. The molecular formula is C33H52N8O6. The van der Waals surface area contributed by atoms with Gasteiger partial charge in [-0.2, -0.15) is 0 Å². The molecule has 14 nitrogen and oxygen atoms in total. The highest BCUT2D eigenvalue weighted by molar-refractivity contribution is 5.87. The van der Waals surface area contributed by atoms with E-state index in [2.05, 4.69) is 30.6 Å². The zero-order valence-electron chi connectivity index (χ0n) is 28.4. The second-order valence-electron chi connectivity index (χ2n) is 13.4. The van der Waals surface area contributed by atoms with Gasteiger partial charge in [0.1, 0.15) is 23.7 Å². The fourth-order valence-electron chi connectivity index (χ4n) is 6.66. The van der Waals surface area contributed by atoms with E-state index in [-0.39, 0.29) is 35.7 Å². The first kappa shape index (κ1) is 35.7. The van der Waals surface area contributed by atoms with Crippen LogP contribution >= 0.6 is 0 Å². The van der Waals surface area contributed by atoms with E-state index in [0.717, 1.165) is 87.2 Å². The van der Waals surface area contributed by atoms with E-state index in [1.165, 1.54) is 7.11 Å². The number of rotatable bonds is 15. The summed E-state index contributed by atoms with van der Waals surface area (Å²) in [6.07, 6.45) is 11.2. The molecule has 2 saturated heterocycles. The first-order valence-electron chi connectivity index (χ1n) is 17.0. The van der Waals surface area contributed by atoms with E-state index in [4.69, 9.17) is 4.74 Å². The number of carbonyl (C=O) groups excluding carboxylic acids is 3. The minimum Gasteiger partial charge on any atom is -0.465 e. The second kappa shape index (κ2) is 16.6. The standard InChI is InChI=1S/C33H52N8O6/c1-20(2)26(38-32(44)45)30(42)40-16-10-14-24(40)28-34-18-22(36-28)12-8-6-7-9-13-23-19-35-29(37-23)25-15-11-17-41(25)31(43)27(21(3)4)39-33(46)47-5/h18-21,24-27,38H,6-17H2,1-5H3,(H,34,36)(H,35,37)(H,39,46)(H,44,45). The fourth-order valence-corrected chi connectivity index (χ4v) is 6.66. The molecule has 0 radical (unpaired) electrons. The lowest BCUT2D eigenvalue weighted by Gasteiger charge is -2.30. The SMILES string of the molecule is COC(=O)NC(C(=O)N1CCCC1c1ncc(CCCCCCc2cnc(C3CCCN3C(=O)C(NC(=O)O)C(C)C)[nH]2)[nH]1)C(C)C. The predicted molar refractivity (Wildman–Crippen MR) is 174 cm³/mol. The quantitative estimate of drug-likeness (QED) is 0.174. The molecule has 2 aliphatic rings. The Labute approximate surface area is 276 Å². The molecular weight excluding hydrogens is 604 g/mol. The highest BCUT2D eigenvalue weighted by atomic mass is 16.5. The molecule has 5 N–H and O–H groups in total. The molecule has 2 aromatic rings. The van der Waals surface area contributed by atoms with Crippen LogP contribution in [-0.4, -0.2) is 91.1 Å². The molecule has 2 aliphatic heterocycles. The van der Waals surface area contributed by atoms with Crippen molar-refractivity contribution in [2.75, 3.05) is 20.2 Å². The summed E-state index contributed by atoms with van der Waals surface area (Å²) in [6, 6.07) is -1.74. The van der Waals surface area contributed by atoms with E-state index in [1.807, 2.05) is 45.0 Å². The van der Waals surface area contributed by atoms with Crippen molar-refractivity contribution in [3.05, 3.63) is 35.4 Å². The van der Waals surface area contributed by atoms with Crippen LogP contribution in [0.25, 0.3) is 0 Å². The van der Waals surface area contributed by atoms with Gasteiger partial charge in [-0.15, -0.1) is 0 Å². The number of likely N-dealkylation sites (tertiary alicyclic amines) is 2. The number of unbranched alkanes of at least 4 members (excludes halogenated alkanes) is 3. The van der Waals surface area contributed by atoms with Crippen molar-refractivity contribution in [1.29, 1.82) is 0 Å². The number of imidazole rings is 2. The van der Waals surface area contributed by atoms with Crippen LogP contribution in [0.2, 0.25) is 0 Å². The largest absolute Gasteiger partial charge is 0.465 e. The summed E-state index contributed by atoms with van der Waals surface area (Å²) in [5.41, 5.74) is 2.10. The molecule has 260 valence electrons. The van der Waals surface area contributed by atoms with E-state index in [0.29, 0.717) is 13.1 Å². The Morgan fingerprint density at radius 1 is 0.809 bits per heavy atom. The van der Waals surface area contributed by atoms with Crippen molar-refractivity contribution in [2.45, 2.75) is 116 Å². The Morgan fingerprint density at radius 2 is 1.26 bits per heavy atom. The number of ether oxygens (including phenoxy) is 1. The fraction of sp³-hybridized carbons (Fsp3) is 0.697. The molecule has 4 heterocycles. The zero-order valence-corrected chi connectivity index (χ0v) is 28.4. The summed E-state index contributed by atoms with van der Waals surface area (Å²) in [6.45, 7) is 8.71. The monoisotopic (exact) mass is 656 g/mol. The van der Waals surface area contributed by atoms with Gasteiger partial charge in [0.2, 0.25) is 11.8 Å². The average Bonchev–Trinajstić information content (AvgIpc) is 3.85. The number of carbonyl (C=O) groups is 4. The molecule has 4 atom stereocenters. The van der Waals surface area contributed by atoms with E-state index in [9.17, 15) is 24.3 Å². The van der Waals surface area contributed by atoms with Gasteiger partial charge in [0.05, 0.1) is 19.2 Å². The van der Waals surface area contributed by atoms with Crippen LogP contribution in [0.15, 0.2) is 12.4 Å². The van der Waals surface area contributed by atoms with Crippen molar-refractivity contribution in [2.24, 2.45) is 11.8 Å². The average molecular weight is 657 g/mol. The number of amides is 4. The van der Waals surface area contributed by atoms with Gasteiger partial charge >= 0.3 is 12.2 Å². The lowest BCUT2D eigenvalue weighted by Crippen LogP contribution is -2.51. The summed E-state index contributed by atoms with van der Waals surface area (Å²) in [4.78, 5) is 69.3. The third-order valence-corrected chi connectivity index (χ3v) is 9.24. The van der Waals surface area contributed by atoms with Gasteiger partial charge in [-0.05, 0) is 63.2 Å². The first-order valence-corrected chi connectivity index (χ1v) is 17.0. The third-order valence-electron chi connectivity index (χ3n) is 9.24. The van der Waals surface area contributed by atoms with Gasteiger partial charge in [-0.25, -0.2) is 19.6 Å². The van der Waals surface area contributed by atoms with E-state index >= 15 is 0 Å². The van der Waals surface area contributed by atoms with Crippen LogP contribution in [0.3, 0.4) is 0 Å². The Kier molecular flexibility index (Phi) is 12.7. The summed E-state index contributed by atoms with van der Waals surface area (Å²) < 4.78 is 4.72. The minimum atomic E-state index is -1.20. The van der Waals surface area contributed by atoms with Gasteiger partial charge < -0.3 is 40.2 Å². The smallest absolute Gasteiger partial charge is 0.407 e. The van der Waals surface area contributed by atoms with Crippen molar-refractivity contribution in [3.8, 4) is 0 Å². The number of alkyl carbamates (subject to hydrolysis) is 1. The van der Waals surface area contributed by atoms with Gasteiger partial charge in [-0.1, -0.05) is 40.5 Å². The maximum absolute atomic E-state index is 13.4. The summed E-state index contributed by atoms with van der Waals surface area (Å²) in [5, 5.41) is 14.3. The summed E-state index contributed by atoms with van der Waals surface area (Å²) in [5.74, 6) is 1.01. The number of nitrogens with one attached hydrogen (secondary N) is 4. The molecule has 2 aromatic heterocycles. The number of hydrogen-bond donors (Lipinski definition) is 5. The van der Waals surface area contributed by atoms with Gasteiger partial charge in [0, 0.05) is 36.9 Å². The number of aromatic nitrogens is 4. The number of nitrogens with zero attached hydrogens (tertiary/aromatic N) is 4. The van der Waals surface area contributed by atoms with Crippen molar-refractivity contribution < 1.29 is 29.0 Å². The van der Waals surface area contributed by atoms with Gasteiger partial charge in [0.25, 0.3) is 0 Å². The molecule has 0 saturated carbocycles. The number of H-pyrrole nitrogens is 2. The molecule has 4 amide bonds. The van der Waals surface area contributed by atoms with Crippen molar-refractivity contribution in [3.63, 3.8) is 0 Å². The molecule has 0 bridgehead atoms. The normalized spacial score (nSPS) is 19.3. The Bertz CT molecular complexity index is 1360. The predicted octanol–water partition coefficient (Wildman–Crippen LogP) is 4.48. The Hall–Kier alpha value is -4.10. The Balaban J connectivity index is 1.21. The van der Waals surface area contributed by atoms with E-state index < -0.39 is 24.3 Å². The molecule has 4 unspecified atom stereocenters. The molecule has 47 heavy (non-hydrogen) atoms. The second-order valence-corrected chi connectivity index (χ2v) is 13.4. The topological polar surface area (TPSA) is 186 Å². The van der Waals surface area contributed by atoms with Crippen molar-refractivity contribution in [1.82, 2.24) is 40.4 Å². The maximum atomic E-state index is 13.4. The van der Waals surface area contributed by atoms with Gasteiger partial charge in [-0.3, -0.25) is 9.59 Å². The lowest BCUT2D eigenvalue weighted by atomic mass is 10.0. The van der Waals surface area contributed by atoms with Crippen LogP contribution in [0.1, 0.15) is 114 Å². The molecule has 2 fully saturated rings. The lowest BCUT2D eigenvalue weighted by molar-refractivity contribution is -0.136. The highest BCUT2D eigenvalue weighted by Gasteiger charge is 2.38. The van der Waals surface area contributed by atoms with E-state index in [1.54, 1.807) is 4.90 Å². The molecule has 0 aliphatic carbocycles. The molecule has 0 spiro atoms. The van der Waals surface area contributed by atoms with Crippen molar-refractivity contribution >= 4 is 24.0 Å². The molecule has 0 aromatic carbocycles. The van der Waals surface area contributed by atoms with Crippen LogP contribution < -0.4 is 10.6 Å². The molecule has 14 heteroatoms. The highest BCUT2D eigenvalue weighted by Crippen LogP contribution is 2.33. The number of aryl methyl sites for hydroxylation is 2. The number of carboxylic acid groups (broad SMARTS) is 1. The Morgan fingerprint density at radius 3 is 1.66 bits per heavy atom. The van der Waals surface area contributed by atoms with Crippen LogP contribution in [0.5, 0.6) is 0 Å². The summed E-state index contributed by atoms with van der Waals surface area (Å²) >= 11 is 0. The number of hydrogen-bond acceptors (Lipinski definition) is 7. The zero-order chi connectivity index (χ0) is 34.1. The minimum absolute atomic E-state index is 0.0778.